The number of furan rings is 1. The van der Waals surface area contributed by atoms with Crippen molar-refractivity contribution in [2.45, 2.75) is 19.5 Å². The molecule has 1 saturated heterocycles. The predicted octanol–water partition coefficient (Wildman–Crippen LogP) is 0.518. The number of hydrogen-bond donors (Lipinski definition) is 1. The van der Waals surface area contributed by atoms with E-state index in [1.807, 2.05) is 13.0 Å². The molecule has 1 aromatic rings. The van der Waals surface area contributed by atoms with Crippen LogP contribution in [0, 0.1) is 6.92 Å². The molecule has 2 rings (SSSR count). The molecule has 1 fully saturated rings. The van der Waals surface area contributed by atoms with Gasteiger partial charge in [-0.15, -0.1) is 0 Å². The molecule has 0 radical (unpaired) electrons. The van der Waals surface area contributed by atoms with Gasteiger partial charge in [0.05, 0.1) is 13.7 Å². The largest absolute Gasteiger partial charge is 0.463 e. The summed E-state index contributed by atoms with van der Waals surface area (Å²) in [7, 11) is 1.35. The molecule has 5 nitrogen and oxygen atoms in total. The van der Waals surface area contributed by atoms with Gasteiger partial charge in [0.2, 0.25) is 5.76 Å². The van der Waals surface area contributed by atoms with E-state index in [-0.39, 0.29) is 6.04 Å². The highest BCUT2D eigenvalue weighted by Crippen LogP contribution is 2.19. The van der Waals surface area contributed by atoms with Gasteiger partial charge >= 0.3 is 5.97 Å². The minimum absolute atomic E-state index is 0.274. The number of carbonyl (C=O) groups excluding carboxylic acids is 1. The van der Waals surface area contributed by atoms with Crippen LogP contribution in [0.4, 0.5) is 0 Å². The molecule has 1 aromatic heterocycles. The molecule has 5 heteroatoms. The molecule has 1 aliphatic rings. The zero-order valence-corrected chi connectivity index (χ0v) is 9.53. The average molecular weight is 224 g/mol. The highest BCUT2D eigenvalue weighted by atomic mass is 16.5. The van der Waals surface area contributed by atoms with Crippen molar-refractivity contribution in [2.75, 3.05) is 20.2 Å². The molecule has 0 atom stereocenters. The Bertz CT molecular complexity index is 394. The summed E-state index contributed by atoms with van der Waals surface area (Å²) in [6.07, 6.45) is 0. The number of methoxy groups -OCH3 is 1. The van der Waals surface area contributed by atoms with Crippen LogP contribution in [-0.2, 0) is 11.3 Å². The average Bonchev–Trinajstić information content (AvgIpc) is 2.56. The summed E-state index contributed by atoms with van der Waals surface area (Å²) in [4.78, 5) is 13.5. The number of nitrogens with two attached hydrogens (primary N) is 1. The van der Waals surface area contributed by atoms with Crippen LogP contribution >= 0.6 is 0 Å². The monoisotopic (exact) mass is 224 g/mol. The van der Waals surface area contributed by atoms with Gasteiger partial charge in [0.15, 0.2) is 0 Å². The van der Waals surface area contributed by atoms with Crippen molar-refractivity contribution in [1.29, 1.82) is 0 Å². The number of likely N-dealkylation sites (tertiary alicyclic amines) is 1. The van der Waals surface area contributed by atoms with Crippen molar-refractivity contribution in [3.63, 3.8) is 0 Å². The second kappa shape index (κ2) is 4.27. The van der Waals surface area contributed by atoms with Crippen LogP contribution in [0.2, 0.25) is 0 Å². The van der Waals surface area contributed by atoms with Crippen molar-refractivity contribution in [1.82, 2.24) is 4.90 Å². The quantitative estimate of drug-likeness (QED) is 0.758. The van der Waals surface area contributed by atoms with Crippen molar-refractivity contribution in [3.8, 4) is 0 Å². The van der Waals surface area contributed by atoms with Gasteiger partial charge in [-0.2, -0.15) is 0 Å². The number of rotatable bonds is 3. The third-order valence-corrected chi connectivity index (χ3v) is 2.70. The highest BCUT2D eigenvalue weighted by molar-refractivity contribution is 5.87. The first kappa shape index (κ1) is 11.2. The Balaban J connectivity index is 2.03. The predicted molar refractivity (Wildman–Crippen MR) is 58.0 cm³/mol. The fraction of sp³-hybridized carbons (Fsp3) is 0.545. The molecule has 2 N–H and O–H groups in total. The fourth-order valence-corrected chi connectivity index (χ4v) is 1.88. The van der Waals surface area contributed by atoms with Crippen LogP contribution in [0.3, 0.4) is 0 Å². The number of esters is 1. The Hall–Kier alpha value is -1.33. The molecule has 1 aliphatic heterocycles. The Morgan fingerprint density at radius 1 is 1.69 bits per heavy atom. The first-order valence-electron chi connectivity index (χ1n) is 5.25. The molecule has 0 bridgehead atoms. The Labute approximate surface area is 94.1 Å². The lowest BCUT2D eigenvalue weighted by Crippen LogP contribution is -2.54. The van der Waals surface area contributed by atoms with Crippen LogP contribution in [-0.4, -0.2) is 37.1 Å². The van der Waals surface area contributed by atoms with E-state index in [0.717, 1.165) is 24.4 Å². The van der Waals surface area contributed by atoms with E-state index in [9.17, 15) is 4.79 Å². The van der Waals surface area contributed by atoms with E-state index in [1.54, 1.807) is 0 Å². The molecule has 0 unspecified atom stereocenters. The lowest BCUT2D eigenvalue weighted by molar-refractivity contribution is 0.0557. The number of aryl methyl sites for hydroxylation is 1. The van der Waals surface area contributed by atoms with Crippen molar-refractivity contribution in [2.24, 2.45) is 5.73 Å². The summed E-state index contributed by atoms with van der Waals surface area (Å²) in [6, 6.07) is 2.15. The molecule has 0 amide bonds. The summed E-state index contributed by atoms with van der Waals surface area (Å²) in [5.41, 5.74) is 6.49. The topological polar surface area (TPSA) is 68.7 Å². The van der Waals surface area contributed by atoms with Gasteiger partial charge in [-0.1, -0.05) is 0 Å². The van der Waals surface area contributed by atoms with Crippen LogP contribution < -0.4 is 5.73 Å². The maximum Gasteiger partial charge on any atom is 0.374 e. The molecule has 0 aliphatic carbocycles. The molecule has 2 heterocycles. The fourth-order valence-electron chi connectivity index (χ4n) is 1.88. The van der Waals surface area contributed by atoms with Crippen LogP contribution in [0.15, 0.2) is 10.5 Å². The van der Waals surface area contributed by atoms with Gasteiger partial charge in [-0.3, -0.25) is 4.90 Å². The Morgan fingerprint density at radius 3 is 2.94 bits per heavy atom. The standard InChI is InChI=1S/C11H16N2O3/c1-7-3-9(6-13-4-8(12)5-13)16-10(7)11(14)15-2/h3,8H,4-6,12H2,1-2H3. The van der Waals surface area contributed by atoms with E-state index >= 15 is 0 Å². The molecule has 0 saturated carbocycles. The minimum Gasteiger partial charge on any atom is -0.463 e. The Kier molecular flexibility index (Phi) is 2.98. The van der Waals surface area contributed by atoms with Crippen molar-refractivity contribution >= 4 is 5.97 Å². The molecular formula is C11H16N2O3. The van der Waals surface area contributed by atoms with Gasteiger partial charge in [-0.25, -0.2) is 4.79 Å². The molecule has 88 valence electrons. The third kappa shape index (κ3) is 2.10. The van der Waals surface area contributed by atoms with Crippen LogP contribution in [0.25, 0.3) is 0 Å². The zero-order valence-electron chi connectivity index (χ0n) is 9.53. The molecule has 0 aromatic carbocycles. The summed E-state index contributed by atoms with van der Waals surface area (Å²) in [6.45, 7) is 4.30. The normalized spacial score (nSPS) is 17.2. The summed E-state index contributed by atoms with van der Waals surface area (Å²) in [5, 5.41) is 0. The second-order valence-corrected chi connectivity index (χ2v) is 4.17. The Morgan fingerprint density at radius 2 is 2.38 bits per heavy atom. The molecule has 16 heavy (non-hydrogen) atoms. The number of nitrogens with zero attached hydrogens (tertiary/aromatic N) is 1. The van der Waals surface area contributed by atoms with Gasteiger partial charge in [0.1, 0.15) is 5.76 Å². The maximum atomic E-state index is 11.3. The lowest BCUT2D eigenvalue weighted by Gasteiger charge is -2.35. The summed E-state index contributed by atoms with van der Waals surface area (Å²) < 4.78 is 10.1. The minimum atomic E-state index is -0.427. The highest BCUT2D eigenvalue weighted by Gasteiger charge is 2.25. The smallest absolute Gasteiger partial charge is 0.374 e. The van der Waals surface area contributed by atoms with Gasteiger partial charge < -0.3 is 14.9 Å². The van der Waals surface area contributed by atoms with E-state index in [4.69, 9.17) is 10.2 Å². The van der Waals surface area contributed by atoms with Crippen molar-refractivity contribution < 1.29 is 13.9 Å². The number of carbonyl (C=O) groups is 1. The maximum absolute atomic E-state index is 11.3. The van der Waals surface area contributed by atoms with E-state index in [0.29, 0.717) is 12.3 Å². The SMILES string of the molecule is COC(=O)c1oc(CN2CC(N)C2)cc1C. The summed E-state index contributed by atoms with van der Waals surface area (Å²) >= 11 is 0. The third-order valence-electron chi connectivity index (χ3n) is 2.70. The lowest BCUT2D eigenvalue weighted by atomic mass is 10.1. The van der Waals surface area contributed by atoms with Crippen LogP contribution in [0.1, 0.15) is 21.9 Å². The molecule has 0 spiro atoms. The van der Waals surface area contributed by atoms with Gasteiger partial charge in [0, 0.05) is 24.7 Å². The number of hydrogen-bond acceptors (Lipinski definition) is 5. The second-order valence-electron chi connectivity index (χ2n) is 4.17. The van der Waals surface area contributed by atoms with Gasteiger partial charge in [-0.05, 0) is 13.0 Å². The number of ether oxygens (including phenoxy) is 1. The molecular weight excluding hydrogens is 208 g/mol. The van der Waals surface area contributed by atoms with E-state index in [2.05, 4.69) is 9.64 Å². The first-order chi connectivity index (χ1) is 7.60. The van der Waals surface area contributed by atoms with Crippen molar-refractivity contribution in [3.05, 3.63) is 23.2 Å². The zero-order chi connectivity index (χ0) is 11.7. The first-order valence-corrected chi connectivity index (χ1v) is 5.25. The van der Waals surface area contributed by atoms with E-state index < -0.39 is 5.97 Å². The van der Waals surface area contributed by atoms with Gasteiger partial charge in [0.25, 0.3) is 0 Å². The van der Waals surface area contributed by atoms with E-state index in [1.165, 1.54) is 7.11 Å². The van der Waals surface area contributed by atoms with Crippen LogP contribution in [0.5, 0.6) is 0 Å². The summed E-state index contributed by atoms with van der Waals surface area (Å²) in [5.74, 6) is 0.649.